The Hall–Kier alpha value is -3.36. The Morgan fingerprint density at radius 1 is 0.812 bits per heavy atom. The van der Waals surface area contributed by atoms with Crippen molar-refractivity contribution in [1.29, 1.82) is 0 Å². The maximum atomic E-state index is 12.9. The van der Waals surface area contributed by atoms with Crippen LogP contribution in [0, 0.1) is 0 Å². The number of benzene rings is 3. The Kier molecular flexibility index (Phi) is 7.03. The molecule has 1 heterocycles. The standard InChI is InChI=1S/C24H23BrN4O3/c25-18-8-11-22(29-12-14-32-15-13-29)21(16-18)28-23(30)17-6-9-20(10-7-17)27-24(31)26-19-4-2-1-3-5-19/h1-11,16H,12-15H2,(H,28,30)(H2,26,27,31). The quantitative estimate of drug-likeness (QED) is 0.456. The maximum absolute atomic E-state index is 12.9. The summed E-state index contributed by atoms with van der Waals surface area (Å²) in [5, 5.41) is 8.52. The van der Waals surface area contributed by atoms with Gasteiger partial charge in [-0.25, -0.2) is 4.79 Å². The predicted octanol–water partition coefficient (Wildman–Crippen LogP) is 5.18. The van der Waals surface area contributed by atoms with Gasteiger partial charge in [-0.3, -0.25) is 4.79 Å². The molecule has 3 aromatic rings. The molecule has 1 aliphatic rings. The minimum absolute atomic E-state index is 0.224. The molecule has 0 radical (unpaired) electrons. The second kappa shape index (κ2) is 10.3. The van der Waals surface area contributed by atoms with E-state index in [0.29, 0.717) is 30.2 Å². The van der Waals surface area contributed by atoms with Crippen molar-refractivity contribution in [1.82, 2.24) is 0 Å². The molecule has 0 aromatic heterocycles. The predicted molar refractivity (Wildman–Crippen MR) is 131 cm³/mol. The van der Waals surface area contributed by atoms with Gasteiger partial charge in [0, 0.05) is 34.5 Å². The number of urea groups is 1. The molecule has 32 heavy (non-hydrogen) atoms. The van der Waals surface area contributed by atoms with Gasteiger partial charge in [0.25, 0.3) is 5.91 Å². The highest BCUT2D eigenvalue weighted by molar-refractivity contribution is 9.10. The molecule has 0 atom stereocenters. The number of halogens is 1. The topological polar surface area (TPSA) is 82.7 Å². The van der Waals surface area contributed by atoms with Crippen molar-refractivity contribution in [3.8, 4) is 0 Å². The third-order valence-electron chi connectivity index (χ3n) is 5.00. The van der Waals surface area contributed by atoms with Crippen LogP contribution < -0.4 is 20.9 Å². The first-order chi connectivity index (χ1) is 15.6. The summed E-state index contributed by atoms with van der Waals surface area (Å²) in [7, 11) is 0. The smallest absolute Gasteiger partial charge is 0.323 e. The lowest BCUT2D eigenvalue weighted by Crippen LogP contribution is -2.36. The van der Waals surface area contributed by atoms with Crippen LogP contribution in [-0.4, -0.2) is 38.2 Å². The number of ether oxygens (including phenoxy) is 1. The third kappa shape index (κ3) is 5.66. The molecule has 0 bridgehead atoms. The second-order valence-electron chi connectivity index (χ2n) is 7.24. The molecule has 1 saturated heterocycles. The summed E-state index contributed by atoms with van der Waals surface area (Å²) in [5.74, 6) is -0.224. The van der Waals surface area contributed by atoms with E-state index in [1.54, 1.807) is 36.4 Å². The number of hydrogen-bond acceptors (Lipinski definition) is 4. The fourth-order valence-corrected chi connectivity index (χ4v) is 3.76. The van der Waals surface area contributed by atoms with Crippen molar-refractivity contribution >= 4 is 50.6 Å². The number of amides is 3. The molecule has 3 amide bonds. The van der Waals surface area contributed by atoms with E-state index >= 15 is 0 Å². The van der Waals surface area contributed by atoms with Crippen LogP contribution in [0.1, 0.15) is 10.4 Å². The number of hydrogen-bond donors (Lipinski definition) is 3. The first-order valence-corrected chi connectivity index (χ1v) is 11.0. The second-order valence-corrected chi connectivity index (χ2v) is 8.15. The van der Waals surface area contributed by atoms with Gasteiger partial charge >= 0.3 is 6.03 Å². The Balaban J connectivity index is 1.41. The monoisotopic (exact) mass is 494 g/mol. The molecular weight excluding hydrogens is 472 g/mol. The number of para-hydroxylation sites is 1. The Bertz CT molecular complexity index is 1080. The fraction of sp³-hybridized carbons (Fsp3) is 0.167. The van der Waals surface area contributed by atoms with Gasteiger partial charge < -0.3 is 25.6 Å². The van der Waals surface area contributed by atoms with Gasteiger partial charge in [0.05, 0.1) is 24.6 Å². The van der Waals surface area contributed by atoms with Crippen molar-refractivity contribution in [2.75, 3.05) is 47.2 Å². The number of nitrogens with one attached hydrogen (secondary N) is 3. The van der Waals surface area contributed by atoms with Crippen LogP contribution >= 0.6 is 15.9 Å². The number of rotatable bonds is 5. The average molecular weight is 495 g/mol. The van der Waals surface area contributed by atoms with Crippen LogP contribution in [0.2, 0.25) is 0 Å². The van der Waals surface area contributed by atoms with E-state index in [2.05, 4.69) is 36.8 Å². The van der Waals surface area contributed by atoms with Crippen LogP contribution in [0.25, 0.3) is 0 Å². The largest absolute Gasteiger partial charge is 0.378 e. The third-order valence-corrected chi connectivity index (χ3v) is 5.49. The van der Waals surface area contributed by atoms with E-state index in [4.69, 9.17) is 4.74 Å². The van der Waals surface area contributed by atoms with Crippen molar-refractivity contribution < 1.29 is 14.3 Å². The summed E-state index contributed by atoms with van der Waals surface area (Å²) in [4.78, 5) is 27.2. The van der Waals surface area contributed by atoms with Gasteiger partial charge in [-0.05, 0) is 54.6 Å². The number of nitrogens with zero attached hydrogens (tertiary/aromatic N) is 1. The molecule has 4 rings (SSSR count). The van der Waals surface area contributed by atoms with Crippen molar-refractivity contribution in [3.63, 3.8) is 0 Å². The Labute approximate surface area is 194 Å². The minimum Gasteiger partial charge on any atom is -0.378 e. The molecule has 8 heteroatoms. The number of morpholine rings is 1. The van der Waals surface area contributed by atoms with E-state index in [1.807, 2.05) is 36.4 Å². The number of carbonyl (C=O) groups excluding carboxylic acids is 2. The van der Waals surface area contributed by atoms with Crippen LogP contribution in [-0.2, 0) is 4.74 Å². The minimum atomic E-state index is -0.349. The zero-order chi connectivity index (χ0) is 22.3. The number of anilines is 4. The van der Waals surface area contributed by atoms with Gasteiger partial charge in [0.1, 0.15) is 0 Å². The van der Waals surface area contributed by atoms with Gasteiger partial charge in [-0.1, -0.05) is 34.1 Å². The number of carbonyl (C=O) groups is 2. The van der Waals surface area contributed by atoms with Gasteiger partial charge in [0.2, 0.25) is 0 Å². The summed E-state index contributed by atoms with van der Waals surface area (Å²) >= 11 is 3.48. The Morgan fingerprint density at radius 2 is 1.47 bits per heavy atom. The van der Waals surface area contributed by atoms with Crippen molar-refractivity contribution in [2.45, 2.75) is 0 Å². The SMILES string of the molecule is O=C(Nc1ccccc1)Nc1ccc(C(=O)Nc2cc(Br)ccc2N2CCOCC2)cc1. The van der Waals surface area contributed by atoms with E-state index in [9.17, 15) is 9.59 Å². The highest BCUT2D eigenvalue weighted by Gasteiger charge is 2.17. The molecule has 164 valence electrons. The molecule has 7 nitrogen and oxygen atoms in total. The zero-order valence-electron chi connectivity index (χ0n) is 17.3. The normalized spacial score (nSPS) is 13.3. The van der Waals surface area contributed by atoms with E-state index in [-0.39, 0.29) is 11.9 Å². The summed E-state index contributed by atoms with van der Waals surface area (Å²) in [5.41, 5.74) is 3.47. The van der Waals surface area contributed by atoms with Crippen LogP contribution in [0.3, 0.4) is 0 Å². The van der Waals surface area contributed by atoms with Crippen LogP contribution in [0.15, 0.2) is 77.3 Å². The fourth-order valence-electron chi connectivity index (χ4n) is 3.40. The molecule has 0 aliphatic carbocycles. The molecule has 3 aromatic carbocycles. The first kappa shape index (κ1) is 21.9. The highest BCUT2D eigenvalue weighted by Crippen LogP contribution is 2.30. The lowest BCUT2D eigenvalue weighted by Gasteiger charge is -2.30. The molecule has 1 aliphatic heterocycles. The van der Waals surface area contributed by atoms with Gasteiger partial charge in [0.15, 0.2) is 0 Å². The lowest BCUT2D eigenvalue weighted by atomic mass is 10.1. The highest BCUT2D eigenvalue weighted by atomic mass is 79.9. The molecular formula is C24H23BrN4O3. The maximum Gasteiger partial charge on any atom is 0.323 e. The van der Waals surface area contributed by atoms with E-state index in [1.165, 1.54) is 0 Å². The molecule has 1 fully saturated rings. The lowest BCUT2D eigenvalue weighted by molar-refractivity contribution is 0.102. The molecule has 0 unspecified atom stereocenters. The first-order valence-electron chi connectivity index (χ1n) is 10.3. The van der Waals surface area contributed by atoms with Crippen molar-refractivity contribution in [2.24, 2.45) is 0 Å². The van der Waals surface area contributed by atoms with Crippen LogP contribution in [0.4, 0.5) is 27.5 Å². The summed E-state index contributed by atoms with van der Waals surface area (Å²) in [6, 6.07) is 21.4. The molecule has 3 N–H and O–H groups in total. The van der Waals surface area contributed by atoms with E-state index < -0.39 is 0 Å². The van der Waals surface area contributed by atoms with E-state index in [0.717, 1.165) is 28.9 Å². The molecule has 0 saturated carbocycles. The van der Waals surface area contributed by atoms with Gasteiger partial charge in [-0.2, -0.15) is 0 Å². The summed E-state index contributed by atoms with van der Waals surface area (Å²) in [6.45, 7) is 2.87. The average Bonchev–Trinajstić information content (AvgIpc) is 2.81. The molecule has 0 spiro atoms. The summed E-state index contributed by atoms with van der Waals surface area (Å²) in [6.07, 6.45) is 0. The zero-order valence-corrected chi connectivity index (χ0v) is 18.9. The Morgan fingerprint density at radius 3 is 2.16 bits per heavy atom. The summed E-state index contributed by atoms with van der Waals surface area (Å²) < 4.78 is 6.32. The van der Waals surface area contributed by atoms with Crippen LogP contribution in [0.5, 0.6) is 0 Å². The van der Waals surface area contributed by atoms with Gasteiger partial charge in [-0.15, -0.1) is 0 Å². The van der Waals surface area contributed by atoms with Crippen molar-refractivity contribution in [3.05, 3.63) is 82.8 Å².